The number of carbonyl (C=O) groups is 1. The van der Waals surface area contributed by atoms with Crippen LogP contribution in [0.3, 0.4) is 0 Å². The molecule has 3 aromatic carbocycles. The van der Waals surface area contributed by atoms with Crippen molar-refractivity contribution in [2.24, 2.45) is 0 Å². The summed E-state index contributed by atoms with van der Waals surface area (Å²) in [5.74, 6) is 0.147. The van der Waals surface area contributed by atoms with Gasteiger partial charge in [-0.05, 0) is 67.6 Å². The smallest absolute Gasteiger partial charge is 0.243 e. The molecule has 4 rings (SSSR count). The number of nitrogens with zero attached hydrogens (tertiary/aromatic N) is 1. The molecule has 1 fully saturated rings. The molecular weight excluding hydrogens is 448 g/mol. The van der Waals surface area contributed by atoms with E-state index in [0.717, 1.165) is 47.5 Å². The minimum absolute atomic E-state index is 0.214. The maximum absolute atomic E-state index is 13.1. The van der Waals surface area contributed by atoms with Gasteiger partial charge in [-0.25, -0.2) is 8.42 Å². The van der Waals surface area contributed by atoms with Gasteiger partial charge < -0.3 is 15.0 Å². The Morgan fingerprint density at radius 1 is 1.03 bits per heavy atom. The van der Waals surface area contributed by atoms with E-state index in [1.807, 2.05) is 49.4 Å². The zero-order chi connectivity index (χ0) is 24.1. The lowest BCUT2D eigenvalue weighted by Crippen LogP contribution is -2.45. The Morgan fingerprint density at radius 3 is 2.44 bits per heavy atom. The van der Waals surface area contributed by atoms with E-state index < -0.39 is 21.8 Å². The molecule has 0 saturated carbocycles. The highest BCUT2D eigenvalue weighted by Crippen LogP contribution is 2.30. The number of amides is 1. The average molecular weight is 479 g/mol. The number of ether oxygens (including phenoxy) is 1. The number of nitrogens with one attached hydrogen (secondary N) is 1. The first kappa shape index (κ1) is 23.8. The van der Waals surface area contributed by atoms with Gasteiger partial charge in [0.05, 0.1) is 12.0 Å². The number of carbonyl (C=O) groups excluding carboxylic acids is 1. The van der Waals surface area contributed by atoms with Crippen LogP contribution < -0.4 is 15.0 Å². The molecule has 1 atom stereocenters. The van der Waals surface area contributed by atoms with E-state index in [4.69, 9.17) is 4.74 Å². The van der Waals surface area contributed by atoms with Crippen LogP contribution in [0.25, 0.3) is 0 Å². The Morgan fingerprint density at radius 2 is 1.74 bits per heavy atom. The van der Waals surface area contributed by atoms with Crippen molar-refractivity contribution in [2.45, 2.75) is 37.1 Å². The lowest BCUT2D eigenvalue weighted by molar-refractivity contribution is -0.121. The number of hydrogen-bond acceptors (Lipinski definition) is 5. The largest absolute Gasteiger partial charge is 0.497 e. The van der Waals surface area contributed by atoms with Crippen LogP contribution >= 0.6 is 0 Å². The second-order valence-corrected chi connectivity index (χ2v) is 10.6. The summed E-state index contributed by atoms with van der Waals surface area (Å²) in [5.41, 5.74) is 4.27. The standard InChI is InChI=1S/C27H30N2O4S/c1-20-9-15-24(16-10-20)34(31,32)19-28-27(30)26-8-5-17-29(26)25-7-4-3-6-22(25)18-21-11-13-23(33-2)14-12-21/h3-4,6-7,9-16,26H,5,8,17-19H2,1-2H3,(H,28,30). The van der Waals surface area contributed by atoms with Crippen molar-refractivity contribution in [3.05, 3.63) is 89.5 Å². The number of para-hydroxylation sites is 1. The van der Waals surface area contributed by atoms with Crippen LogP contribution in [0.15, 0.2) is 77.7 Å². The first-order valence-electron chi connectivity index (χ1n) is 11.4. The maximum atomic E-state index is 13.1. The molecule has 1 amide bonds. The van der Waals surface area contributed by atoms with Crippen molar-refractivity contribution in [3.8, 4) is 5.75 Å². The number of anilines is 1. The van der Waals surface area contributed by atoms with E-state index >= 15 is 0 Å². The summed E-state index contributed by atoms with van der Waals surface area (Å²) >= 11 is 0. The summed E-state index contributed by atoms with van der Waals surface area (Å²) in [6.45, 7) is 2.65. The van der Waals surface area contributed by atoms with Crippen molar-refractivity contribution in [3.63, 3.8) is 0 Å². The van der Waals surface area contributed by atoms with E-state index in [1.165, 1.54) is 0 Å². The van der Waals surface area contributed by atoms with Crippen LogP contribution in [-0.2, 0) is 21.1 Å². The van der Waals surface area contributed by atoms with Gasteiger partial charge in [0.25, 0.3) is 0 Å². The monoisotopic (exact) mass is 478 g/mol. The summed E-state index contributed by atoms with van der Waals surface area (Å²) in [5, 5.41) is 2.68. The maximum Gasteiger partial charge on any atom is 0.243 e. The summed E-state index contributed by atoms with van der Waals surface area (Å²) in [7, 11) is -1.95. The third kappa shape index (κ3) is 5.42. The van der Waals surface area contributed by atoms with Crippen LogP contribution in [0.5, 0.6) is 5.75 Å². The molecule has 6 nitrogen and oxygen atoms in total. The van der Waals surface area contributed by atoms with Gasteiger partial charge in [0.15, 0.2) is 9.84 Å². The van der Waals surface area contributed by atoms with E-state index in [-0.39, 0.29) is 10.8 Å². The highest BCUT2D eigenvalue weighted by atomic mass is 32.2. The average Bonchev–Trinajstić information content (AvgIpc) is 3.34. The predicted molar refractivity (Wildman–Crippen MR) is 134 cm³/mol. The zero-order valence-electron chi connectivity index (χ0n) is 19.5. The third-order valence-corrected chi connectivity index (χ3v) is 7.74. The fourth-order valence-corrected chi connectivity index (χ4v) is 5.39. The Kier molecular flexibility index (Phi) is 7.22. The molecule has 1 N–H and O–H groups in total. The molecule has 0 radical (unpaired) electrons. The minimum Gasteiger partial charge on any atom is -0.497 e. The molecular formula is C27H30N2O4S. The molecule has 0 aliphatic carbocycles. The molecule has 7 heteroatoms. The molecule has 1 saturated heterocycles. The van der Waals surface area contributed by atoms with Crippen LogP contribution in [0, 0.1) is 6.92 Å². The van der Waals surface area contributed by atoms with Crippen LogP contribution in [0.4, 0.5) is 5.69 Å². The number of sulfone groups is 1. The highest BCUT2D eigenvalue weighted by molar-refractivity contribution is 7.91. The molecule has 34 heavy (non-hydrogen) atoms. The lowest BCUT2D eigenvalue weighted by Gasteiger charge is -2.28. The Labute approximate surface area is 201 Å². The SMILES string of the molecule is COc1ccc(Cc2ccccc2N2CCCC2C(=O)NCS(=O)(=O)c2ccc(C)cc2)cc1. The zero-order valence-corrected chi connectivity index (χ0v) is 20.3. The lowest BCUT2D eigenvalue weighted by atomic mass is 10.0. The number of benzene rings is 3. The quantitative estimate of drug-likeness (QED) is 0.527. The number of rotatable bonds is 8. The second kappa shape index (κ2) is 10.3. The number of methoxy groups -OCH3 is 1. The fourth-order valence-electron chi connectivity index (χ4n) is 4.34. The van der Waals surface area contributed by atoms with Gasteiger partial charge in [-0.1, -0.05) is 48.0 Å². The van der Waals surface area contributed by atoms with Gasteiger partial charge in [-0.15, -0.1) is 0 Å². The van der Waals surface area contributed by atoms with Crippen molar-refractivity contribution >= 4 is 21.4 Å². The van der Waals surface area contributed by atoms with Gasteiger partial charge in [-0.2, -0.15) is 0 Å². The molecule has 0 spiro atoms. The van der Waals surface area contributed by atoms with Crippen molar-refractivity contribution in [1.29, 1.82) is 0 Å². The molecule has 1 aliphatic heterocycles. The van der Waals surface area contributed by atoms with Crippen molar-refractivity contribution in [1.82, 2.24) is 5.32 Å². The van der Waals surface area contributed by atoms with Gasteiger partial charge >= 0.3 is 0 Å². The summed E-state index contributed by atoms with van der Waals surface area (Å²) in [4.78, 5) is 15.4. The fraction of sp³-hybridized carbons (Fsp3) is 0.296. The highest BCUT2D eigenvalue weighted by Gasteiger charge is 2.32. The number of aryl methyl sites for hydroxylation is 1. The molecule has 1 unspecified atom stereocenters. The molecule has 3 aromatic rings. The molecule has 0 bridgehead atoms. The molecule has 178 valence electrons. The summed E-state index contributed by atoms with van der Waals surface area (Å²) < 4.78 is 30.6. The van der Waals surface area contributed by atoms with Crippen LogP contribution in [0.1, 0.15) is 29.5 Å². The first-order valence-corrected chi connectivity index (χ1v) is 13.1. The Bertz CT molecular complexity index is 1240. The Hall–Kier alpha value is -3.32. The minimum atomic E-state index is -3.60. The van der Waals surface area contributed by atoms with E-state index in [0.29, 0.717) is 6.42 Å². The van der Waals surface area contributed by atoms with Crippen molar-refractivity contribution < 1.29 is 17.9 Å². The summed E-state index contributed by atoms with van der Waals surface area (Å²) in [6.07, 6.45) is 2.29. The number of hydrogen-bond donors (Lipinski definition) is 1. The topological polar surface area (TPSA) is 75.7 Å². The molecule has 1 aliphatic rings. The summed E-state index contributed by atoms with van der Waals surface area (Å²) in [6, 6.07) is 22.3. The van der Waals surface area contributed by atoms with E-state index in [1.54, 1.807) is 31.4 Å². The van der Waals surface area contributed by atoms with Crippen LogP contribution in [0.2, 0.25) is 0 Å². The first-order chi connectivity index (χ1) is 16.4. The molecule has 1 heterocycles. The predicted octanol–water partition coefficient (Wildman–Crippen LogP) is 4.11. The third-order valence-electron chi connectivity index (χ3n) is 6.23. The van der Waals surface area contributed by atoms with Gasteiger partial charge in [0.1, 0.15) is 17.7 Å². The normalized spacial score (nSPS) is 15.8. The van der Waals surface area contributed by atoms with Gasteiger partial charge in [0, 0.05) is 12.2 Å². The van der Waals surface area contributed by atoms with E-state index in [9.17, 15) is 13.2 Å². The molecule has 0 aromatic heterocycles. The second-order valence-electron chi connectivity index (χ2n) is 8.62. The van der Waals surface area contributed by atoms with Crippen LogP contribution in [-0.4, -0.2) is 39.9 Å². The van der Waals surface area contributed by atoms with Gasteiger partial charge in [0.2, 0.25) is 5.91 Å². The van der Waals surface area contributed by atoms with E-state index in [2.05, 4.69) is 16.3 Å². The Balaban J connectivity index is 1.47. The van der Waals surface area contributed by atoms with Gasteiger partial charge in [-0.3, -0.25) is 4.79 Å². The van der Waals surface area contributed by atoms with Crippen molar-refractivity contribution in [2.75, 3.05) is 24.4 Å².